The number of hydrogen-bond donors (Lipinski definition) is 1. The van der Waals surface area contributed by atoms with Crippen LogP contribution in [-0.4, -0.2) is 28.7 Å². The molecular formula is C20H33BrN2O2SSi. The zero-order valence-corrected chi connectivity index (χ0v) is 21.2. The highest BCUT2D eigenvalue weighted by atomic mass is 79.9. The molecule has 1 heterocycles. The predicted octanol–water partition coefficient (Wildman–Crippen LogP) is 5.79. The number of nitrogens with one attached hydrogen (secondary N) is 1. The van der Waals surface area contributed by atoms with Crippen LogP contribution in [0.5, 0.6) is 0 Å². The Morgan fingerprint density at radius 2 is 1.81 bits per heavy atom. The van der Waals surface area contributed by atoms with E-state index in [9.17, 15) is 4.55 Å². The molecule has 27 heavy (non-hydrogen) atoms. The molecule has 1 fully saturated rings. The summed E-state index contributed by atoms with van der Waals surface area (Å²) in [5.41, 5.74) is 2.95. The predicted molar refractivity (Wildman–Crippen MR) is 121 cm³/mol. The Kier molecular flexibility index (Phi) is 6.95. The third-order valence-corrected chi connectivity index (χ3v) is 11.8. The standard InChI is InChI=1S/C20H33BrN2O2SSi/c1-19(2,3)26(24)23-18(16-10-9-11-17(21)22-16)14-12-15(13-14)25-27(7,8)20(4,5)6/h9-11,15,23H,12-13H2,1-8H3. The molecule has 0 aliphatic heterocycles. The molecule has 0 aromatic carbocycles. The van der Waals surface area contributed by atoms with Crippen molar-refractivity contribution in [3.8, 4) is 0 Å². The molecule has 1 atom stereocenters. The van der Waals surface area contributed by atoms with Crippen molar-refractivity contribution in [2.45, 2.75) is 83.4 Å². The van der Waals surface area contributed by atoms with Gasteiger partial charge in [0.1, 0.15) is 15.0 Å². The van der Waals surface area contributed by atoms with Crippen LogP contribution in [0.2, 0.25) is 18.1 Å². The van der Waals surface area contributed by atoms with Crippen molar-refractivity contribution in [1.82, 2.24) is 9.71 Å². The molecule has 1 aromatic heterocycles. The maximum Gasteiger partial charge on any atom is 0.192 e. The normalized spacial score (nSPS) is 19.5. The molecule has 0 saturated heterocycles. The highest BCUT2D eigenvalue weighted by molar-refractivity contribution is 9.10. The van der Waals surface area contributed by atoms with Gasteiger partial charge in [-0.1, -0.05) is 26.8 Å². The van der Waals surface area contributed by atoms with Gasteiger partial charge in [0.05, 0.1) is 23.2 Å². The van der Waals surface area contributed by atoms with E-state index < -0.39 is 19.7 Å². The van der Waals surface area contributed by atoms with Crippen LogP contribution in [0, 0.1) is 0 Å². The minimum Gasteiger partial charge on any atom is -0.593 e. The van der Waals surface area contributed by atoms with Crippen LogP contribution in [0.1, 0.15) is 60.1 Å². The van der Waals surface area contributed by atoms with Gasteiger partial charge >= 0.3 is 0 Å². The molecule has 1 unspecified atom stereocenters. The molecule has 0 radical (unpaired) electrons. The van der Waals surface area contributed by atoms with E-state index in [-0.39, 0.29) is 15.9 Å². The second-order valence-electron chi connectivity index (χ2n) is 9.72. The molecule has 1 aliphatic carbocycles. The van der Waals surface area contributed by atoms with Gasteiger partial charge in [-0.05, 0) is 85.4 Å². The second kappa shape index (κ2) is 8.18. The monoisotopic (exact) mass is 472 g/mol. The highest BCUT2D eigenvalue weighted by Gasteiger charge is 2.42. The average Bonchev–Trinajstić information content (AvgIpc) is 2.46. The number of halogens is 1. The van der Waals surface area contributed by atoms with Gasteiger partial charge < -0.3 is 8.98 Å². The summed E-state index contributed by atoms with van der Waals surface area (Å²) in [7, 11) is -1.78. The fraction of sp³-hybridized carbons (Fsp3) is 0.650. The Balaban J connectivity index is 2.23. The summed E-state index contributed by atoms with van der Waals surface area (Å²) in [6.45, 7) is 17.3. The quantitative estimate of drug-likeness (QED) is 0.334. The first-order chi connectivity index (χ1) is 12.2. The van der Waals surface area contributed by atoms with Gasteiger partial charge in [0.15, 0.2) is 8.32 Å². The lowest BCUT2D eigenvalue weighted by Gasteiger charge is -2.43. The van der Waals surface area contributed by atoms with Gasteiger partial charge in [-0.3, -0.25) is 0 Å². The first kappa shape index (κ1) is 22.9. The number of pyridine rings is 1. The average molecular weight is 474 g/mol. The van der Waals surface area contributed by atoms with Gasteiger partial charge in [0.25, 0.3) is 0 Å². The van der Waals surface area contributed by atoms with Crippen molar-refractivity contribution in [2.75, 3.05) is 0 Å². The maximum atomic E-state index is 12.7. The Morgan fingerprint density at radius 3 is 2.30 bits per heavy atom. The second-order valence-corrected chi connectivity index (χ2v) is 17.3. The number of nitrogens with zero attached hydrogens (tertiary/aromatic N) is 1. The number of rotatable bonds is 5. The van der Waals surface area contributed by atoms with Crippen molar-refractivity contribution in [2.24, 2.45) is 0 Å². The SMILES string of the molecule is CC(C)(C)[S+]([O-])NC(=C1CC(O[Si](C)(C)C(C)(C)C)C1)c1cccc(Br)n1. The third kappa shape index (κ3) is 5.82. The summed E-state index contributed by atoms with van der Waals surface area (Å²) in [6.07, 6.45) is 1.97. The highest BCUT2D eigenvalue weighted by Crippen LogP contribution is 2.43. The molecule has 0 bridgehead atoms. The van der Waals surface area contributed by atoms with Crippen LogP contribution in [0.15, 0.2) is 28.4 Å². The summed E-state index contributed by atoms with van der Waals surface area (Å²) in [6, 6.07) is 5.82. The largest absolute Gasteiger partial charge is 0.593 e. The van der Waals surface area contributed by atoms with Crippen LogP contribution in [0.25, 0.3) is 5.70 Å². The fourth-order valence-corrected chi connectivity index (χ4v) is 4.91. The van der Waals surface area contributed by atoms with Crippen molar-refractivity contribution >= 4 is 41.3 Å². The van der Waals surface area contributed by atoms with E-state index in [1.165, 1.54) is 5.57 Å². The molecule has 152 valence electrons. The topological polar surface area (TPSA) is 57.2 Å². The van der Waals surface area contributed by atoms with E-state index in [1.807, 2.05) is 39.0 Å². The zero-order valence-electron chi connectivity index (χ0n) is 17.8. The van der Waals surface area contributed by atoms with Crippen LogP contribution in [-0.2, 0) is 15.8 Å². The molecule has 2 rings (SSSR count). The van der Waals surface area contributed by atoms with Crippen molar-refractivity contribution < 1.29 is 8.98 Å². The van der Waals surface area contributed by atoms with Crippen LogP contribution in [0.4, 0.5) is 0 Å². The molecule has 0 amide bonds. The summed E-state index contributed by atoms with van der Waals surface area (Å²) in [5, 5.41) is 0.202. The van der Waals surface area contributed by atoms with Crippen LogP contribution in [0.3, 0.4) is 0 Å². The van der Waals surface area contributed by atoms with E-state index >= 15 is 0 Å². The fourth-order valence-electron chi connectivity index (χ4n) is 2.47. The molecule has 4 nitrogen and oxygen atoms in total. The first-order valence-electron chi connectivity index (χ1n) is 9.42. The molecule has 0 spiro atoms. The summed E-state index contributed by atoms with van der Waals surface area (Å²) in [4.78, 5) is 4.58. The molecule has 1 saturated carbocycles. The summed E-state index contributed by atoms with van der Waals surface area (Å²) < 4.78 is 22.9. The van der Waals surface area contributed by atoms with Crippen LogP contribution >= 0.6 is 15.9 Å². The van der Waals surface area contributed by atoms with E-state index in [2.05, 4.69) is 59.5 Å². The maximum absolute atomic E-state index is 12.7. The lowest BCUT2D eigenvalue weighted by atomic mass is 9.86. The van der Waals surface area contributed by atoms with Gasteiger partial charge in [-0.15, -0.1) is 0 Å². The van der Waals surface area contributed by atoms with Gasteiger partial charge in [-0.25, -0.2) is 9.71 Å². The Labute approximate surface area is 177 Å². The van der Waals surface area contributed by atoms with E-state index in [0.29, 0.717) is 0 Å². The van der Waals surface area contributed by atoms with Crippen LogP contribution < -0.4 is 4.72 Å². The van der Waals surface area contributed by atoms with Crippen molar-refractivity contribution in [3.05, 3.63) is 34.1 Å². The lowest BCUT2D eigenvalue weighted by molar-refractivity contribution is 0.144. The number of aromatic nitrogens is 1. The molecule has 1 aromatic rings. The summed E-state index contributed by atoms with van der Waals surface area (Å²) in [5.74, 6) is 0. The molecular weight excluding hydrogens is 440 g/mol. The minimum atomic E-state index is -1.78. The zero-order chi connectivity index (χ0) is 20.6. The van der Waals surface area contributed by atoms with Gasteiger partial charge in [0, 0.05) is 0 Å². The van der Waals surface area contributed by atoms with E-state index in [1.54, 1.807) is 0 Å². The summed E-state index contributed by atoms with van der Waals surface area (Å²) >= 11 is 2.24. The Morgan fingerprint density at radius 1 is 1.22 bits per heavy atom. The Hall–Kier alpha value is -0.343. The Bertz CT molecular complexity index is 703. The first-order valence-corrected chi connectivity index (χ1v) is 14.3. The van der Waals surface area contributed by atoms with E-state index in [0.717, 1.165) is 28.8 Å². The number of hydrogen-bond acceptors (Lipinski definition) is 4. The molecule has 1 aliphatic rings. The van der Waals surface area contributed by atoms with E-state index in [4.69, 9.17) is 4.43 Å². The minimum absolute atomic E-state index is 0.202. The molecule has 1 N–H and O–H groups in total. The molecule has 7 heteroatoms. The van der Waals surface area contributed by atoms with Gasteiger partial charge in [0.2, 0.25) is 0 Å². The smallest absolute Gasteiger partial charge is 0.192 e. The lowest BCUT2D eigenvalue weighted by Crippen LogP contribution is -2.46. The third-order valence-electron chi connectivity index (χ3n) is 5.29. The van der Waals surface area contributed by atoms with Crippen molar-refractivity contribution in [3.63, 3.8) is 0 Å². The van der Waals surface area contributed by atoms with Gasteiger partial charge in [-0.2, -0.15) is 0 Å². The van der Waals surface area contributed by atoms with Crippen molar-refractivity contribution in [1.29, 1.82) is 0 Å².